The first-order valence-corrected chi connectivity index (χ1v) is 8.65. The van der Waals surface area contributed by atoms with E-state index in [1.807, 2.05) is 0 Å². The zero-order valence-corrected chi connectivity index (χ0v) is 14.6. The van der Waals surface area contributed by atoms with E-state index in [4.69, 9.17) is 4.74 Å². The second-order valence-electron chi connectivity index (χ2n) is 5.52. The number of rotatable bonds is 5. The van der Waals surface area contributed by atoms with Crippen LogP contribution in [-0.4, -0.2) is 45.8 Å². The average Bonchev–Trinajstić information content (AvgIpc) is 2.96. The molecule has 1 fully saturated rings. The third kappa shape index (κ3) is 4.94. The van der Waals surface area contributed by atoms with Crippen LogP contribution in [0, 0.1) is 0 Å². The molecule has 6 nitrogen and oxygen atoms in total. The largest absolute Gasteiger partial charge is 0.462 e. The van der Waals surface area contributed by atoms with Crippen LogP contribution in [0.3, 0.4) is 0 Å². The third-order valence-electron chi connectivity index (χ3n) is 3.69. The fraction of sp³-hybridized carbons (Fsp3) is 0.562. The van der Waals surface area contributed by atoms with Gasteiger partial charge in [0.05, 0.1) is 24.9 Å². The van der Waals surface area contributed by atoms with Gasteiger partial charge in [0.25, 0.3) is 0 Å². The van der Waals surface area contributed by atoms with Crippen molar-refractivity contribution in [2.75, 3.05) is 19.7 Å². The van der Waals surface area contributed by atoms with E-state index in [1.54, 1.807) is 24.7 Å². The van der Waals surface area contributed by atoms with E-state index in [0.717, 1.165) is 19.5 Å². The summed E-state index contributed by atoms with van der Waals surface area (Å²) in [5.74, 6) is -0.353. The molecular formula is C16H23N3O3S. The van der Waals surface area contributed by atoms with Crippen LogP contribution in [0.25, 0.3) is 0 Å². The summed E-state index contributed by atoms with van der Waals surface area (Å²) in [7, 11) is 0. The number of hydrogen-bond acceptors (Lipinski definition) is 6. The van der Waals surface area contributed by atoms with Crippen molar-refractivity contribution >= 4 is 22.8 Å². The van der Waals surface area contributed by atoms with Crippen molar-refractivity contribution in [2.45, 2.75) is 39.0 Å². The predicted octanol–water partition coefficient (Wildman–Crippen LogP) is 2.02. The molecule has 1 aromatic rings. The lowest BCUT2D eigenvalue weighted by Gasteiger charge is -2.27. The van der Waals surface area contributed by atoms with Crippen molar-refractivity contribution in [1.29, 1.82) is 0 Å². The van der Waals surface area contributed by atoms with Gasteiger partial charge in [-0.05, 0) is 32.4 Å². The second-order valence-corrected chi connectivity index (χ2v) is 6.90. The summed E-state index contributed by atoms with van der Waals surface area (Å²) < 4.78 is 6.70. The van der Waals surface area contributed by atoms with Crippen LogP contribution in [-0.2, 0) is 16.1 Å². The lowest BCUT2D eigenvalue weighted by molar-refractivity contribution is -0.109. The van der Waals surface area contributed by atoms with Gasteiger partial charge in [-0.3, -0.25) is 9.48 Å². The normalized spacial score (nSPS) is 20.2. The summed E-state index contributed by atoms with van der Waals surface area (Å²) in [5.41, 5.74) is 2.89. The van der Waals surface area contributed by atoms with E-state index in [2.05, 4.69) is 17.3 Å². The van der Waals surface area contributed by atoms with Gasteiger partial charge < -0.3 is 10.1 Å². The molecule has 1 atom stereocenters. The molecule has 1 aliphatic rings. The van der Waals surface area contributed by atoms with Crippen LogP contribution >= 0.6 is 11.8 Å². The molecule has 23 heavy (non-hydrogen) atoms. The highest BCUT2D eigenvalue weighted by Crippen LogP contribution is 2.28. The first-order valence-electron chi connectivity index (χ1n) is 7.77. The molecule has 0 bridgehead atoms. The molecule has 1 aromatic heterocycles. The molecule has 1 N–H and O–H groups in total. The van der Waals surface area contributed by atoms with Crippen molar-refractivity contribution < 1.29 is 14.3 Å². The predicted molar refractivity (Wildman–Crippen MR) is 90.4 cm³/mol. The lowest BCUT2D eigenvalue weighted by Crippen LogP contribution is -2.33. The van der Waals surface area contributed by atoms with E-state index in [1.165, 1.54) is 29.1 Å². The standard InChI is InChI=1S/C16H23N3O3S/c1-4-22-16(21)13-7-18-19(10-13)9-11(2)14-8-17-6-5-15(14)23-12(3)20/h7,10,15,17H,4-6,8-9H2,1-3H3/b14-11+. The Hall–Kier alpha value is -1.60. The number of ether oxygens (including phenoxy) is 1. The van der Waals surface area contributed by atoms with Gasteiger partial charge >= 0.3 is 5.97 Å². The van der Waals surface area contributed by atoms with Gasteiger partial charge in [0.15, 0.2) is 5.12 Å². The Kier molecular flexibility index (Phi) is 6.41. The molecule has 0 aromatic carbocycles. The number of carbonyl (C=O) groups is 2. The minimum Gasteiger partial charge on any atom is -0.462 e. The maximum absolute atomic E-state index is 11.7. The van der Waals surface area contributed by atoms with E-state index in [-0.39, 0.29) is 16.3 Å². The Morgan fingerprint density at radius 1 is 1.48 bits per heavy atom. The van der Waals surface area contributed by atoms with Crippen molar-refractivity contribution in [3.05, 3.63) is 29.1 Å². The van der Waals surface area contributed by atoms with Crippen LogP contribution in [0.4, 0.5) is 0 Å². The molecule has 2 rings (SSSR count). The first kappa shape index (κ1) is 17.7. The molecule has 0 aliphatic carbocycles. The molecule has 0 spiro atoms. The van der Waals surface area contributed by atoms with Gasteiger partial charge in [0.2, 0.25) is 0 Å². The number of hydrogen-bond donors (Lipinski definition) is 1. The van der Waals surface area contributed by atoms with Gasteiger partial charge in [0, 0.05) is 24.9 Å². The van der Waals surface area contributed by atoms with E-state index in [9.17, 15) is 9.59 Å². The molecule has 1 saturated heterocycles. The quantitative estimate of drug-likeness (QED) is 0.654. The molecule has 2 heterocycles. The maximum atomic E-state index is 11.7. The Morgan fingerprint density at radius 2 is 2.26 bits per heavy atom. The molecule has 0 saturated carbocycles. The average molecular weight is 337 g/mol. The zero-order valence-electron chi connectivity index (χ0n) is 13.8. The van der Waals surface area contributed by atoms with Crippen molar-refractivity contribution in [3.8, 4) is 0 Å². The fourth-order valence-corrected chi connectivity index (χ4v) is 3.68. The highest BCUT2D eigenvalue weighted by atomic mass is 32.2. The molecule has 1 aliphatic heterocycles. The number of esters is 1. The number of allylic oxidation sites excluding steroid dienone is 1. The molecule has 1 unspecified atom stereocenters. The van der Waals surface area contributed by atoms with Gasteiger partial charge in [-0.2, -0.15) is 5.10 Å². The van der Waals surface area contributed by atoms with Gasteiger partial charge in [-0.25, -0.2) is 4.79 Å². The van der Waals surface area contributed by atoms with Crippen molar-refractivity contribution in [1.82, 2.24) is 15.1 Å². The Bertz CT molecular complexity index is 609. The number of piperidine rings is 1. The minimum atomic E-state index is -0.353. The van der Waals surface area contributed by atoms with Crippen LogP contribution < -0.4 is 5.32 Å². The lowest BCUT2D eigenvalue weighted by atomic mass is 10.0. The SMILES string of the molecule is CCOC(=O)c1cnn(C/C(C)=C2\CNCCC2SC(C)=O)c1. The number of aromatic nitrogens is 2. The Morgan fingerprint density at radius 3 is 2.96 bits per heavy atom. The van der Waals surface area contributed by atoms with Gasteiger partial charge in [-0.15, -0.1) is 0 Å². The van der Waals surface area contributed by atoms with Crippen molar-refractivity contribution in [3.63, 3.8) is 0 Å². The number of nitrogens with one attached hydrogen (secondary N) is 1. The molecule has 7 heteroatoms. The van der Waals surface area contributed by atoms with Gasteiger partial charge in [-0.1, -0.05) is 17.3 Å². The van der Waals surface area contributed by atoms with Crippen LogP contribution in [0.15, 0.2) is 23.5 Å². The Labute approximate surface area is 140 Å². The highest BCUT2D eigenvalue weighted by Gasteiger charge is 2.23. The summed E-state index contributed by atoms with van der Waals surface area (Å²) in [6.07, 6.45) is 4.17. The summed E-state index contributed by atoms with van der Waals surface area (Å²) in [6, 6.07) is 0. The zero-order chi connectivity index (χ0) is 16.8. The smallest absolute Gasteiger partial charge is 0.341 e. The molecular weight excluding hydrogens is 314 g/mol. The summed E-state index contributed by atoms with van der Waals surface area (Å²) in [4.78, 5) is 23.1. The summed E-state index contributed by atoms with van der Waals surface area (Å²) in [5, 5.41) is 7.96. The van der Waals surface area contributed by atoms with Crippen LogP contribution in [0.1, 0.15) is 37.6 Å². The monoisotopic (exact) mass is 337 g/mol. The summed E-state index contributed by atoms with van der Waals surface area (Å²) in [6.45, 7) is 8.12. The van der Waals surface area contributed by atoms with Crippen LogP contribution in [0.2, 0.25) is 0 Å². The van der Waals surface area contributed by atoms with E-state index < -0.39 is 0 Å². The fourth-order valence-electron chi connectivity index (χ4n) is 2.61. The van der Waals surface area contributed by atoms with Gasteiger partial charge in [0.1, 0.15) is 0 Å². The van der Waals surface area contributed by atoms with Crippen molar-refractivity contribution in [2.24, 2.45) is 0 Å². The minimum absolute atomic E-state index is 0.144. The Balaban J connectivity index is 2.10. The molecule has 126 valence electrons. The van der Waals surface area contributed by atoms with E-state index >= 15 is 0 Å². The van der Waals surface area contributed by atoms with Crippen LogP contribution in [0.5, 0.6) is 0 Å². The maximum Gasteiger partial charge on any atom is 0.341 e. The van der Waals surface area contributed by atoms with E-state index in [0.29, 0.717) is 18.7 Å². The number of thioether (sulfide) groups is 1. The number of nitrogens with zero attached hydrogens (tertiary/aromatic N) is 2. The highest BCUT2D eigenvalue weighted by molar-refractivity contribution is 8.14. The molecule has 0 radical (unpaired) electrons. The summed E-state index contributed by atoms with van der Waals surface area (Å²) >= 11 is 1.40. The first-order chi connectivity index (χ1) is 11.0. The second kappa shape index (κ2) is 8.31. The third-order valence-corrected chi connectivity index (χ3v) is 4.82. The topological polar surface area (TPSA) is 73.2 Å². The molecule has 0 amide bonds. The number of carbonyl (C=O) groups excluding carboxylic acids is 2.